The van der Waals surface area contributed by atoms with E-state index < -0.39 is 5.97 Å². The minimum Gasteiger partial charge on any atom is -0.462 e. The highest BCUT2D eigenvalue weighted by Crippen LogP contribution is 2.45. The van der Waals surface area contributed by atoms with Crippen LogP contribution in [0.4, 0.5) is 5.69 Å². The maximum atomic E-state index is 12.6. The molecule has 8 heteroatoms. The zero-order valence-electron chi connectivity index (χ0n) is 15.8. The Morgan fingerprint density at radius 3 is 2.53 bits per heavy atom. The van der Waals surface area contributed by atoms with Crippen molar-refractivity contribution < 1.29 is 13.9 Å². The topological polar surface area (TPSA) is 89.3 Å². The predicted molar refractivity (Wildman–Crippen MR) is 130 cm³/mol. The van der Waals surface area contributed by atoms with Crippen molar-refractivity contribution in [2.24, 2.45) is 0 Å². The summed E-state index contributed by atoms with van der Waals surface area (Å²) in [5.41, 5.74) is 9.91. The van der Waals surface area contributed by atoms with Crippen molar-refractivity contribution in [2.45, 2.75) is 6.92 Å². The molecule has 2 aromatic carbocycles. The van der Waals surface area contributed by atoms with E-state index in [2.05, 4.69) is 31.9 Å². The summed E-state index contributed by atoms with van der Waals surface area (Å²) < 4.78 is 12.6. The molecular formula is C22H17Br3N2O3. The number of nitrogens with one attached hydrogen (secondary N) is 1. The first kappa shape index (κ1) is 22.5. The zero-order chi connectivity index (χ0) is 20.7. The fourth-order valence-electron chi connectivity index (χ4n) is 3.35. The van der Waals surface area contributed by atoms with Crippen LogP contribution in [0.5, 0.6) is 0 Å². The Morgan fingerprint density at radius 1 is 1.07 bits per heavy atom. The van der Waals surface area contributed by atoms with E-state index in [0.717, 1.165) is 22.1 Å². The lowest BCUT2D eigenvalue weighted by Gasteiger charge is -2.19. The van der Waals surface area contributed by atoms with Crippen molar-refractivity contribution in [3.8, 4) is 22.5 Å². The van der Waals surface area contributed by atoms with Gasteiger partial charge >= 0.3 is 5.97 Å². The Labute approximate surface area is 200 Å². The number of esters is 1. The number of anilines is 1. The Bertz CT molecular complexity index is 1300. The quantitative estimate of drug-likeness (QED) is 0.160. The highest BCUT2D eigenvalue weighted by Gasteiger charge is 2.24. The van der Waals surface area contributed by atoms with Crippen molar-refractivity contribution in [3.63, 3.8) is 0 Å². The molecule has 4 rings (SSSR count). The van der Waals surface area contributed by atoms with Crippen molar-refractivity contribution >= 4 is 71.5 Å². The Hall–Kier alpha value is -2.16. The number of fused-ring (bicyclic) bond motifs is 2. The fourth-order valence-corrected chi connectivity index (χ4v) is 4.20. The number of nitrogens with two attached hydrogens (primary N) is 1. The predicted octanol–water partition coefficient (Wildman–Crippen LogP) is 6.55. The van der Waals surface area contributed by atoms with Gasteiger partial charge in [0.05, 0.1) is 26.5 Å². The summed E-state index contributed by atoms with van der Waals surface area (Å²) >= 11 is 6.99. The molecule has 0 saturated carbocycles. The van der Waals surface area contributed by atoms with Crippen LogP contribution in [0.1, 0.15) is 17.3 Å². The van der Waals surface area contributed by atoms with Crippen LogP contribution in [0.25, 0.3) is 33.4 Å². The third-order valence-corrected chi connectivity index (χ3v) is 6.26. The molecule has 0 aromatic heterocycles. The molecule has 3 N–H and O–H groups in total. The van der Waals surface area contributed by atoms with Gasteiger partial charge in [-0.25, -0.2) is 4.79 Å². The lowest BCUT2D eigenvalue weighted by Crippen LogP contribution is -2.08. The number of carbonyl (C=O) groups is 1. The van der Waals surface area contributed by atoms with E-state index in [1.807, 2.05) is 24.3 Å². The molecule has 0 amide bonds. The van der Waals surface area contributed by atoms with Crippen molar-refractivity contribution in [2.75, 3.05) is 12.3 Å². The maximum absolute atomic E-state index is 12.6. The lowest BCUT2D eigenvalue weighted by molar-refractivity contribution is 0.0527. The Kier molecular flexibility index (Phi) is 6.69. The smallest absolute Gasteiger partial charge is 0.338 e. The van der Waals surface area contributed by atoms with E-state index in [-0.39, 0.29) is 23.6 Å². The minimum absolute atomic E-state index is 0. The monoisotopic (exact) mass is 594 g/mol. The standard InChI is InChI=1S/C22H16Br2N2O3.BrH/c1-2-28-22(27)12-6-4-3-5-11(12)17-13-7-9-15(25)18(23)20(13)29-21-14(17)8-10-16(26)19(21)24;/h3-10,25H,2,26H2,1H3;1H. The van der Waals surface area contributed by atoms with E-state index in [1.165, 1.54) is 0 Å². The van der Waals surface area contributed by atoms with Gasteiger partial charge in [-0.1, -0.05) is 18.2 Å². The van der Waals surface area contributed by atoms with Gasteiger partial charge in [-0.15, -0.1) is 17.0 Å². The van der Waals surface area contributed by atoms with Gasteiger partial charge in [0.25, 0.3) is 0 Å². The summed E-state index contributed by atoms with van der Waals surface area (Å²) in [4.78, 5) is 12.6. The molecule has 154 valence electrons. The van der Waals surface area contributed by atoms with Gasteiger partial charge in [0.15, 0.2) is 11.3 Å². The summed E-state index contributed by atoms with van der Waals surface area (Å²) in [5, 5.41) is 9.22. The second-order valence-corrected chi connectivity index (χ2v) is 7.98. The van der Waals surface area contributed by atoms with Crippen LogP contribution >= 0.6 is 48.8 Å². The van der Waals surface area contributed by atoms with Gasteiger partial charge in [0.2, 0.25) is 0 Å². The van der Waals surface area contributed by atoms with Crippen molar-refractivity contribution in [1.82, 2.24) is 0 Å². The first-order chi connectivity index (χ1) is 13.9. The molecule has 0 atom stereocenters. The van der Waals surface area contributed by atoms with E-state index >= 15 is 0 Å². The molecule has 5 nitrogen and oxygen atoms in total. The van der Waals surface area contributed by atoms with Crippen LogP contribution in [0.15, 0.2) is 61.9 Å². The molecule has 0 spiro atoms. The normalized spacial score (nSPS) is 10.8. The molecule has 0 radical (unpaired) electrons. The fraction of sp³-hybridized carbons (Fsp3) is 0.0909. The number of ether oxygens (including phenoxy) is 1. The van der Waals surface area contributed by atoms with E-state index in [4.69, 9.17) is 20.3 Å². The number of benzene rings is 3. The molecule has 1 aliphatic carbocycles. The average molecular weight is 597 g/mol. The summed E-state index contributed by atoms with van der Waals surface area (Å²) in [7, 11) is 0. The molecule has 0 fully saturated rings. The number of hydrogen-bond acceptors (Lipinski definition) is 5. The Morgan fingerprint density at radius 2 is 1.80 bits per heavy atom. The van der Waals surface area contributed by atoms with Gasteiger partial charge in [-0.05, 0) is 74.7 Å². The van der Waals surface area contributed by atoms with Gasteiger partial charge in [-0.3, -0.25) is 5.41 Å². The van der Waals surface area contributed by atoms with Gasteiger partial charge in [0.1, 0.15) is 0 Å². The zero-order valence-corrected chi connectivity index (χ0v) is 20.7. The molecule has 0 unspecified atom stereocenters. The summed E-state index contributed by atoms with van der Waals surface area (Å²) in [6, 6.07) is 14.5. The van der Waals surface area contributed by atoms with Crippen LogP contribution in [0.2, 0.25) is 0 Å². The molecule has 2 aromatic rings. The number of nitrogen functional groups attached to an aromatic ring is 1. The summed E-state index contributed by atoms with van der Waals surface area (Å²) in [6.45, 7) is 2.06. The van der Waals surface area contributed by atoms with Gasteiger partial charge in [0, 0.05) is 22.2 Å². The van der Waals surface area contributed by atoms with Crippen LogP contribution < -0.4 is 11.1 Å². The second kappa shape index (κ2) is 8.91. The van der Waals surface area contributed by atoms with E-state index in [1.54, 1.807) is 31.2 Å². The van der Waals surface area contributed by atoms with Gasteiger partial charge in [-0.2, -0.15) is 0 Å². The average Bonchev–Trinajstić information content (AvgIpc) is 2.72. The molecule has 1 heterocycles. The molecular weight excluding hydrogens is 580 g/mol. The van der Waals surface area contributed by atoms with Crippen LogP contribution in [-0.4, -0.2) is 12.6 Å². The minimum atomic E-state index is -0.393. The summed E-state index contributed by atoms with van der Waals surface area (Å²) in [5.74, 6) is 0.112. The third kappa shape index (κ3) is 3.68. The highest BCUT2D eigenvalue weighted by atomic mass is 79.9. The first-order valence-corrected chi connectivity index (χ1v) is 10.5. The lowest BCUT2D eigenvalue weighted by atomic mass is 9.90. The molecule has 0 bridgehead atoms. The molecule has 0 saturated heterocycles. The van der Waals surface area contributed by atoms with E-state index in [9.17, 15) is 4.79 Å². The van der Waals surface area contributed by atoms with E-state index in [0.29, 0.717) is 36.9 Å². The third-order valence-electron chi connectivity index (χ3n) is 4.66. The SMILES string of the molecule is Br.CCOC(=O)c1ccccc1-c1c2ccc(=N)c(Br)c-2oc2c(Br)c(N)ccc12. The Balaban J connectivity index is 0.00000256. The van der Waals surface area contributed by atoms with Gasteiger partial charge < -0.3 is 14.9 Å². The number of rotatable bonds is 3. The summed E-state index contributed by atoms with van der Waals surface area (Å²) in [6.07, 6.45) is 0. The number of halogens is 3. The van der Waals surface area contributed by atoms with Crippen LogP contribution in [0, 0.1) is 5.41 Å². The maximum Gasteiger partial charge on any atom is 0.338 e. The molecule has 30 heavy (non-hydrogen) atoms. The first-order valence-electron chi connectivity index (χ1n) is 8.88. The van der Waals surface area contributed by atoms with Crippen LogP contribution in [-0.2, 0) is 4.74 Å². The second-order valence-electron chi connectivity index (χ2n) is 6.39. The highest BCUT2D eigenvalue weighted by molar-refractivity contribution is 9.11. The van der Waals surface area contributed by atoms with Crippen molar-refractivity contribution in [3.05, 3.63) is 68.4 Å². The molecule has 1 aliphatic heterocycles. The number of carbonyl (C=O) groups excluding carboxylic acids is 1. The number of hydrogen-bond donors (Lipinski definition) is 2. The van der Waals surface area contributed by atoms with Crippen LogP contribution in [0.3, 0.4) is 0 Å². The largest absolute Gasteiger partial charge is 0.462 e. The van der Waals surface area contributed by atoms with Crippen molar-refractivity contribution in [1.29, 1.82) is 5.41 Å². The molecule has 2 aliphatic rings.